The maximum atomic E-state index is 11.2. The number of carboxylic acid groups (broad SMARTS) is 1. The van der Waals surface area contributed by atoms with Crippen LogP contribution in [0.3, 0.4) is 0 Å². The van der Waals surface area contributed by atoms with Gasteiger partial charge in [0.15, 0.2) is 0 Å². The van der Waals surface area contributed by atoms with Crippen molar-refractivity contribution in [2.45, 2.75) is 23.8 Å². The van der Waals surface area contributed by atoms with Crippen LogP contribution in [0.25, 0.3) is 0 Å². The third-order valence-corrected chi connectivity index (χ3v) is 3.71. The van der Waals surface area contributed by atoms with Crippen LogP contribution in [0.15, 0.2) is 0 Å². The Morgan fingerprint density at radius 3 is 2.85 bits per heavy atom. The van der Waals surface area contributed by atoms with Gasteiger partial charge < -0.3 is 9.84 Å². The number of hydrogen-bond donors (Lipinski definition) is 1. The standard InChI is InChI=1S/C8H9BrO4/c9-5-1-3(7(10)11)4-2-6(5)13-8(4)12/h3-6H,1-2H2,(H,10,11)/t3-,4-,5-,6+/m0/s1. The van der Waals surface area contributed by atoms with Crippen LogP contribution < -0.4 is 0 Å². The van der Waals surface area contributed by atoms with Crippen molar-refractivity contribution in [3.05, 3.63) is 0 Å². The number of alkyl halides is 1. The SMILES string of the molecule is O=C(O)[C@H]1C[C@H](Br)[C@H]2C[C@@H]1C(=O)O2. The summed E-state index contributed by atoms with van der Waals surface area (Å²) in [6.07, 6.45) is 0.912. The largest absolute Gasteiger partial charge is 0.481 e. The minimum Gasteiger partial charge on any atom is -0.481 e. The summed E-state index contributed by atoms with van der Waals surface area (Å²) in [5, 5.41) is 8.87. The summed E-state index contributed by atoms with van der Waals surface area (Å²) in [4.78, 5) is 22.0. The predicted octanol–water partition coefficient (Wildman–Crippen LogP) is 0.786. The third-order valence-electron chi connectivity index (χ3n) is 2.74. The highest BCUT2D eigenvalue weighted by atomic mass is 79.9. The van der Waals surface area contributed by atoms with E-state index in [1.165, 1.54) is 0 Å². The first kappa shape index (κ1) is 8.99. The van der Waals surface area contributed by atoms with Gasteiger partial charge in [-0.2, -0.15) is 0 Å². The van der Waals surface area contributed by atoms with Crippen molar-refractivity contribution in [1.82, 2.24) is 0 Å². The zero-order valence-corrected chi connectivity index (χ0v) is 8.36. The molecule has 4 nitrogen and oxygen atoms in total. The lowest BCUT2D eigenvalue weighted by atomic mass is 9.80. The zero-order chi connectivity index (χ0) is 9.59. The van der Waals surface area contributed by atoms with Crippen LogP contribution >= 0.6 is 15.9 Å². The van der Waals surface area contributed by atoms with E-state index in [-0.39, 0.29) is 16.9 Å². The van der Waals surface area contributed by atoms with Gasteiger partial charge in [-0.3, -0.25) is 9.59 Å². The quantitative estimate of drug-likeness (QED) is 0.551. The highest BCUT2D eigenvalue weighted by Gasteiger charge is 2.50. The number of carboxylic acids is 1. The normalized spacial score (nSPS) is 43.0. The van der Waals surface area contributed by atoms with E-state index in [0.717, 1.165) is 0 Å². The average Bonchev–Trinajstić information content (AvgIpc) is 2.37. The Labute approximate surface area is 83.4 Å². The summed E-state index contributed by atoms with van der Waals surface area (Å²) in [7, 11) is 0. The number of aliphatic carboxylic acids is 1. The molecule has 1 aliphatic heterocycles. The van der Waals surface area contributed by atoms with Gasteiger partial charge in [-0.1, -0.05) is 15.9 Å². The Hall–Kier alpha value is -0.580. The first-order valence-electron chi connectivity index (χ1n) is 4.17. The monoisotopic (exact) mass is 248 g/mol. The highest BCUT2D eigenvalue weighted by molar-refractivity contribution is 9.09. The molecule has 0 spiro atoms. The summed E-state index contributed by atoms with van der Waals surface area (Å²) < 4.78 is 5.03. The van der Waals surface area contributed by atoms with E-state index in [0.29, 0.717) is 12.8 Å². The van der Waals surface area contributed by atoms with Gasteiger partial charge in [-0.15, -0.1) is 0 Å². The molecule has 0 radical (unpaired) electrons. The van der Waals surface area contributed by atoms with E-state index >= 15 is 0 Å². The topological polar surface area (TPSA) is 63.6 Å². The number of carbonyl (C=O) groups is 2. The van der Waals surface area contributed by atoms with E-state index in [1.807, 2.05) is 0 Å². The van der Waals surface area contributed by atoms with Crippen LogP contribution in [0.4, 0.5) is 0 Å². The van der Waals surface area contributed by atoms with E-state index in [4.69, 9.17) is 9.84 Å². The maximum absolute atomic E-state index is 11.2. The fourth-order valence-electron chi connectivity index (χ4n) is 2.01. The fraction of sp³-hybridized carbons (Fsp3) is 0.750. The molecule has 1 saturated carbocycles. The minimum absolute atomic E-state index is 0.00343. The smallest absolute Gasteiger partial charge is 0.310 e. The Bertz CT molecular complexity index is 265. The molecule has 5 heteroatoms. The highest BCUT2D eigenvalue weighted by Crippen LogP contribution is 2.41. The number of carbonyl (C=O) groups excluding carboxylic acids is 1. The van der Waals surface area contributed by atoms with Crippen molar-refractivity contribution >= 4 is 27.9 Å². The molecule has 1 N–H and O–H groups in total. The first-order valence-corrected chi connectivity index (χ1v) is 5.08. The fourth-order valence-corrected chi connectivity index (χ4v) is 2.74. The molecule has 2 rings (SSSR count). The van der Waals surface area contributed by atoms with Crippen LogP contribution in [0, 0.1) is 11.8 Å². The number of rotatable bonds is 1. The molecule has 0 amide bonds. The van der Waals surface area contributed by atoms with Crippen LogP contribution in [0.2, 0.25) is 0 Å². The molecular weight excluding hydrogens is 240 g/mol. The van der Waals surface area contributed by atoms with Crippen molar-refractivity contribution in [2.24, 2.45) is 11.8 Å². The summed E-state index contributed by atoms with van der Waals surface area (Å²) >= 11 is 3.34. The van der Waals surface area contributed by atoms with Gasteiger partial charge in [0.05, 0.1) is 16.7 Å². The lowest BCUT2D eigenvalue weighted by Crippen LogP contribution is -2.34. The van der Waals surface area contributed by atoms with E-state index < -0.39 is 17.8 Å². The van der Waals surface area contributed by atoms with Gasteiger partial charge in [0.1, 0.15) is 6.10 Å². The molecule has 2 fully saturated rings. The molecule has 0 unspecified atom stereocenters. The van der Waals surface area contributed by atoms with Gasteiger partial charge >= 0.3 is 11.9 Å². The Kier molecular flexibility index (Phi) is 2.06. The van der Waals surface area contributed by atoms with E-state index in [9.17, 15) is 9.59 Å². The van der Waals surface area contributed by atoms with Crippen molar-refractivity contribution < 1.29 is 19.4 Å². The van der Waals surface area contributed by atoms with Crippen molar-refractivity contribution in [2.75, 3.05) is 0 Å². The number of ether oxygens (including phenoxy) is 1. The number of esters is 1. The van der Waals surface area contributed by atoms with Crippen molar-refractivity contribution in [3.8, 4) is 0 Å². The molecule has 1 aliphatic carbocycles. The number of fused-ring (bicyclic) bond motifs is 2. The van der Waals surface area contributed by atoms with Gasteiger partial charge in [0, 0.05) is 0 Å². The van der Waals surface area contributed by atoms with Gasteiger partial charge in [-0.05, 0) is 12.8 Å². The second-order valence-electron chi connectivity index (χ2n) is 3.51. The Morgan fingerprint density at radius 1 is 1.54 bits per heavy atom. The summed E-state index contributed by atoms with van der Waals surface area (Å²) in [5.74, 6) is -2.24. The van der Waals surface area contributed by atoms with Crippen LogP contribution in [-0.2, 0) is 14.3 Å². The van der Waals surface area contributed by atoms with Crippen LogP contribution in [0.1, 0.15) is 12.8 Å². The Balaban J connectivity index is 2.22. The minimum atomic E-state index is -0.897. The average molecular weight is 249 g/mol. The van der Waals surface area contributed by atoms with Crippen molar-refractivity contribution in [3.63, 3.8) is 0 Å². The lowest BCUT2D eigenvalue weighted by molar-refractivity contribution is -0.150. The van der Waals surface area contributed by atoms with Crippen LogP contribution in [0.5, 0.6) is 0 Å². The van der Waals surface area contributed by atoms with E-state index in [2.05, 4.69) is 15.9 Å². The molecule has 2 bridgehead atoms. The Morgan fingerprint density at radius 2 is 2.23 bits per heavy atom. The summed E-state index contributed by atoms with van der Waals surface area (Å²) in [6.45, 7) is 0. The van der Waals surface area contributed by atoms with E-state index in [1.54, 1.807) is 0 Å². The van der Waals surface area contributed by atoms with Gasteiger partial charge in [0.25, 0.3) is 0 Å². The second-order valence-corrected chi connectivity index (χ2v) is 4.69. The molecule has 0 aromatic carbocycles. The molecule has 1 heterocycles. The third kappa shape index (κ3) is 1.35. The summed E-state index contributed by atoms with van der Waals surface area (Å²) in [5.41, 5.74) is 0. The molecular formula is C8H9BrO4. The number of hydrogen-bond acceptors (Lipinski definition) is 3. The first-order chi connectivity index (χ1) is 6.09. The van der Waals surface area contributed by atoms with Gasteiger partial charge in [-0.25, -0.2) is 0 Å². The lowest BCUT2D eigenvalue weighted by Gasteiger charge is -2.25. The predicted molar refractivity (Wildman–Crippen MR) is 46.4 cm³/mol. The molecule has 2 aliphatic rings. The van der Waals surface area contributed by atoms with Crippen LogP contribution in [-0.4, -0.2) is 28.0 Å². The molecule has 0 aromatic rings. The van der Waals surface area contributed by atoms with Gasteiger partial charge in [0.2, 0.25) is 0 Å². The maximum Gasteiger partial charge on any atom is 0.310 e. The molecule has 0 aromatic heterocycles. The summed E-state index contributed by atoms with van der Waals surface area (Å²) in [6, 6.07) is 0. The molecule has 4 atom stereocenters. The second kappa shape index (κ2) is 2.97. The molecule has 72 valence electrons. The molecule has 13 heavy (non-hydrogen) atoms. The number of halogens is 1. The zero-order valence-electron chi connectivity index (χ0n) is 6.77. The van der Waals surface area contributed by atoms with Crippen molar-refractivity contribution in [1.29, 1.82) is 0 Å². The molecule has 1 saturated heterocycles.